The highest BCUT2D eigenvalue weighted by Crippen LogP contribution is 2.22. The highest BCUT2D eigenvalue weighted by atomic mass is 32.1. The average molecular weight is 311 g/mol. The highest BCUT2D eigenvalue weighted by Gasteiger charge is 2.24. The number of aromatic nitrogens is 1. The second kappa shape index (κ2) is 6.34. The molecule has 0 saturated heterocycles. The third kappa shape index (κ3) is 3.56. The van der Waals surface area contributed by atoms with E-state index in [0.29, 0.717) is 5.69 Å². The molecule has 1 amide bonds. The molecule has 1 unspecified atom stereocenters. The van der Waals surface area contributed by atoms with Crippen molar-refractivity contribution in [3.05, 3.63) is 33.5 Å². The number of thiophene rings is 1. The van der Waals surface area contributed by atoms with Gasteiger partial charge in [0.1, 0.15) is 11.3 Å². The Bertz CT molecular complexity index is 564. The van der Waals surface area contributed by atoms with Crippen LogP contribution in [0.25, 0.3) is 0 Å². The topological polar surface area (TPSA) is 74.2 Å². The molecule has 0 aliphatic rings. The molecule has 3 N–H and O–H groups in total. The first-order chi connectivity index (χ1) is 9.53. The van der Waals surface area contributed by atoms with Crippen molar-refractivity contribution in [1.29, 1.82) is 0 Å². The van der Waals surface area contributed by atoms with Crippen LogP contribution >= 0.6 is 22.7 Å². The number of carbonyl (C=O) groups excluding carboxylic acids is 1. The zero-order chi connectivity index (χ0) is 14.6. The van der Waals surface area contributed by atoms with Crippen LogP contribution in [0.15, 0.2) is 22.2 Å². The summed E-state index contributed by atoms with van der Waals surface area (Å²) in [6.07, 6.45) is 0. The molecule has 0 radical (unpaired) electrons. The molecule has 0 aliphatic heterocycles. The van der Waals surface area contributed by atoms with Crippen LogP contribution in [0.5, 0.6) is 0 Å². The summed E-state index contributed by atoms with van der Waals surface area (Å²) in [5.74, 6) is -0.277. The summed E-state index contributed by atoms with van der Waals surface area (Å²) in [5.41, 5.74) is 0.0948. The van der Waals surface area contributed by atoms with E-state index in [1.807, 2.05) is 23.8 Å². The van der Waals surface area contributed by atoms with Crippen molar-refractivity contribution in [3.63, 3.8) is 0 Å². The number of amides is 1. The van der Waals surface area contributed by atoms with Gasteiger partial charge in [0.2, 0.25) is 0 Å². The molecule has 0 aromatic carbocycles. The van der Waals surface area contributed by atoms with E-state index in [9.17, 15) is 9.90 Å². The lowest BCUT2D eigenvalue weighted by Crippen LogP contribution is -2.38. The Hall–Kier alpha value is -1.44. The Kier molecular flexibility index (Phi) is 4.74. The predicted octanol–water partition coefficient (Wildman–Crippen LogP) is 2.27. The van der Waals surface area contributed by atoms with E-state index < -0.39 is 5.60 Å². The third-order valence-corrected chi connectivity index (χ3v) is 4.28. The zero-order valence-electron chi connectivity index (χ0n) is 11.3. The molecule has 108 valence electrons. The van der Waals surface area contributed by atoms with Gasteiger partial charge in [-0.2, -0.15) is 11.3 Å². The zero-order valence-corrected chi connectivity index (χ0v) is 13.0. The van der Waals surface area contributed by atoms with Gasteiger partial charge < -0.3 is 15.7 Å². The van der Waals surface area contributed by atoms with Crippen molar-refractivity contribution < 1.29 is 9.90 Å². The number of hydrogen-bond donors (Lipinski definition) is 3. The second-order valence-corrected chi connectivity index (χ2v) is 6.17. The summed E-state index contributed by atoms with van der Waals surface area (Å²) < 4.78 is 0. The number of nitrogens with one attached hydrogen (secondary N) is 2. The number of rotatable bonds is 6. The summed E-state index contributed by atoms with van der Waals surface area (Å²) in [5, 5.41) is 22.3. The molecular weight excluding hydrogens is 294 g/mol. The Morgan fingerprint density at radius 2 is 2.30 bits per heavy atom. The molecule has 20 heavy (non-hydrogen) atoms. The number of carbonyl (C=O) groups is 1. The van der Waals surface area contributed by atoms with Gasteiger partial charge in [-0.15, -0.1) is 11.3 Å². The summed E-state index contributed by atoms with van der Waals surface area (Å²) in [7, 11) is 0. The smallest absolute Gasteiger partial charge is 0.270 e. The van der Waals surface area contributed by atoms with Crippen molar-refractivity contribution >= 4 is 33.7 Å². The number of aliphatic hydroxyl groups is 1. The van der Waals surface area contributed by atoms with E-state index in [1.165, 1.54) is 22.7 Å². The predicted molar refractivity (Wildman–Crippen MR) is 82.5 cm³/mol. The van der Waals surface area contributed by atoms with E-state index in [4.69, 9.17) is 0 Å². The van der Waals surface area contributed by atoms with Crippen molar-refractivity contribution in [2.24, 2.45) is 0 Å². The quantitative estimate of drug-likeness (QED) is 0.765. The van der Waals surface area contributed by atoms with Gasteiger partial charge in [-0.05, 0) is 36.2 Å². The molecule has 5 nitrogen and oxygen atoms in total. The molecule has 7 heteroatoms. The second-order valence-electron chi connectivity index (χ2n) is 4.54. The van der Waals surface area contributed by atoms with Crippen LogP contribution in [0.2, 0.25) is 0 Å². The lowest BCUT2D eigenvalue weighted by Gasteiger charge is -2.22. The van der Waals surface area contributed by atoms with Crippen LogP contribution in [-0.2, 0) is 5.60 Å². The highest BCUT2D eigenvalue weighted by molar-refractivity contribution is 7.13. The van der Waals surface area contributed by atoms with Crippen LogP contribution < -0.4 is 10.6 Å². The molecule has 0 saturated carbocycles. The molecule has 2 aromatic heterocycles. The average Bonchev–Trinajstić information content (AvgIpc) is 3.07. The number of nitrogens with zero attached hydrogens (tertiary/aromatic N) is 1. The van der Waals surface area contributed by atoms with Gasteiger partial charge in [0.15, 0.2) is 5.13 Å². The summed E-state index contributed by atoms with van der Waals surface area (Å²) in [6.45, 7) is 4.57. The SMILES string of the molecule is CCNc1nc(C(=O)NCC(C)(O)c2ccsc2)cs1. The molecule has 0 aliphatic carbocycles. The third-order valence-electron chi connectivity index (χ3n) is 2.80. The van der Waals surface area contributed by atoms with Gasteiger partial charge in [0, 0.05) is 11.9 Å². The summed E-state index contributed by atoms with van der Waals surface area (Å²) >= 11 is 2.90. The Morgan fingerprint density at radius 3 is 2.95 bits per heavy atom. The Labute approximate surface area is 125 Å². The van der Waals surface area contributed by atoms with E-state index in [-0.39, 0.29) is 12.5 Å². The fraction of sp³-hybridized carbons (Fsp3) is 0.385. The van der Waals surface area contributed by atoms with Gasteiger partial charge in [0.05, 0.1) is 6.54 Å². The first-order valence-corrected chi connectivity index (χ1v) is 8.08. The first-order valence-electron chi connectivity index (χ1n) is 6.25. The maximum atomic E-state index is 12.0. The van der Waals surface area contributed by atoms with Crippen LogP contribution in [0.1, 0.15) is 29.9 Å². The van der Waals surface area contributed by atoms with Gasteiger partial charge in [-0.1, -0.05) is 0 Å². The molecular formula is C13H17N3O2S2. The lowest BCUT2D eigenvalue weighted by molar-refractivity contribution is 0.0529. The van der Waals surface area contributed by atoms with Gasteiger partial charge in [0.25, 0.3) is 5.91 Å². The number of thiazole rings is 1. The standard InChI is InChI=1S/C13H17N3O2S2/c1-3-14-12-16-10(7-20-12)11(17)15-8-13(2,18)9-4-5-19-6-9/h4-7,18H,3,8H2,1-2H3,(H,14,16)(H,15,17). The van der Waals surface area contributed by atoms with E-state index in [1.54, 1.807) is 12.3 Å². The first kappa shape index (κ1) is 15.0. The van der Waals surface area contributed by atoms with Crippen molar-refractivity contribution in [3.8, 4) is 0 Å². The van der Waals surface area contributed by atoms with Crippen molar-refractivity contribution in [2.45, 2.75) is 19.4 Å². The van der Waals surface area contributed by atoms with Crippen LogP contribution in [-0.4, -0.2) is 29.1 Å². The molecule has 1 atom stereocenters. The van der Waals surface area contributed by atoms with Gasteiger partial charge in [-0.25, -0.2) is 4.98 Å². The summed E-state index contributed by atoms with van der Waals surface area (Å²) in [4.78, 5) is 16.2. The van der Waals surface area contributed by atoms with E-state index in [2.05, 4.69) is 15.6 Å². The fourth-order valence-corrected chi connectivity index (χ4v) is 3.17. The summed E-state index contributed by atoms with van der Waals surface area (Å²) in [6, 6.07) is 1.85. The van der Waals surface area contributed by atoms with Crippen LogP contribution in [0, 0.1) is 0 Å². The number of hydrogen-bond acceptors (Lipinski definition) is 6. The maximum absolute atomic E-state index is 12.0. The minimum Gasteiger partial charge on any atom is -0.384 e. The minimum atomic E-state index is -1.07. The van der Waals surface area contributed by atoms with Crippen LogP contribution in [0.4, 0.5) is 5.13 Å². The van der Waals surface area contributed by atoms with Gasteiger partial charge >= 0.3 is 0 Å². The fourth-order valence-electron chi connectivity index (χ4n) is 1.63. The Balaban J connectivity index is 1.94. The molecule has 0 fully saturated rings. The normalized spacial score (nSPS) is 13.8. The largest absolute Gasteiger partial charge is 0.384 e. The molecule has 2 rings (SSSR count). The van der Waals surface area contributed by atoms with Crippen molar-refractivity contribution in [2.75, 3.05) is 18.4 Å². The molecule has 0 bridgehead atoms. The molecule has 0 spiro atoms. The Morgan fingerprint density at radius 1 is 1.50 bits per heavy atom. The molecule has 2 heterocycles. The lowest BCUT2D eigenvalue weighted by atomic mass is 9.99. The van der Waals surface area contributed by atoms with Crippen LogP contribution in [0.3, 0.4) is 0 Å². The van der Waals surface area contributed by atoms with E-state index in [0.717, 1.165) is 17.2 Å². The van der Waals surface area contributed by atoms with Crippen molar-refractivity contribution in [1.82, 2.24) is 10.3 Å². The maximum Gasteiger partial charge on any atom is 0.270 e. The number of anilines is 1. The molecule has 2 aromatic rings. The van der Waals surface area contributed by atoms with E-state index >= 15 is 0 Å². The minimum absolute atomic E-state index is 0.149. The monoisotopic (exact) mass is 311 g/mol. The van der Waals surface area contributed by atoms with Gasteiger partial charge in [-0.3, -0.25) is 4.79 Å².